The molecule has 2 N–H and O–H groups in total. The maximum absolute atomic E-state index is 11.0. The molecule has 0 aliphatic carbocycles. The highest BCUT2D eigenvalue weighted by atomic mass is 31.2. The van der Waals surface area contributed by atoms with Crippen molar-refractivity contribution in [3.05, 3.63) is 11.9 Å². The first-order valence-corrected chi connectivity index (χ1v) is 12.5. The van der Waals surface area contributed by atoms with Crippen LogP contribution < -0.4 is 0 Å². The maximum Gasteiger partial charge on any atom is 0.325 e. The Kier molecular flexibility index (Phi) is 10.1. The fraction of sp³-hybridized carbons (Fsp3) is 0.857. The minimum atomic E-state index is -3.37. The zero-order valence-electron chi connectivity index (χ0n) is 14.9. The predicted molar refractivity (Wildman–Crippen MR) is 94.8 cm³/mol. The first-order chi connectivity index (χ1) is 11.7. The average Bonchev–Trinajstić information content (AvgIpc) is 2.91. The van der Waals surface area contributed by atoms with Gasteiger partial charge in [-0.15, -0.1) is 5.10 Å². The highest BCUT2D eigenvalue weighted by Crippen LogP contribution is 2.37. The smallest absolute Gasteiger partial charge is 0.324 e. The highest BCUT2D eigenvalue weighted by Gasteiger charge is 2.09. The van der Waals surface area contributed by atoms with Crippen LogP contribution in [-0.2, 0) is 31.1 Å². The summed E-state index contributed by atoms with van der Waals surface area (Å²) < 4.78 is 33.3. The van der Waals surface area contributed by atoms with Gasteiger partial charge in [-0.25, -0.2) is 0 Å². The molecule has 0 saturated carbocycles. The van der Waals surface area contributed by atoms with Gasteiger partial charge in [-0.2, -0.15) is 0 Å². The van der Waals surface area contributed by atoms with E-state index in [9.17, 15) is 9.13 Å². The van der Waals surface area contributed by atoms with Gasteiger partial charge < -0.3 is 18.8 Å². The Balaban J connectivity index is 2.05. The fourth-order valence-corrected chi connectivity index (χ4v) is 3.10. The summed E-state index contributed by atoms with van der Waals surface area (Å²) in [4.78, 5) is 18.0. The van der Waals surface area contributed by atoms with Crippen LogP contribution in [0.3, 0.4) is 0 Å². The summed E-state index contributed by atoms with van der Waals surface area (Å²) >= 11 is 0. The molecule has 2 unspecified atom stereocenters. The molecule has 9 nitrogen and oxygen atoms in total. The van der Waals surface area contributed by atoms with E-state index in [1.54, 1.807) is 0 Å². The maximum atomic E-state index is 11.0. The molecule has 11 heteroatoms. The van der Waals surface area contributed by atoms with E-state index in [-0.39, 0.29) is 6.61 Å². The number of hydrogen-bond donors (Lipinski definition) is 2. The molecule has 1 rings (SSSR count). The monoisotopic (exact) mass is 397 g/mol. The molecular weight excluding hydrogens is 368 g/mol. The van der Waals surface area contributed by atoms with Gasteiger partial charge in [0.25, 0.3) is 0 Å². The van der Waals surface area contributed by atoms with Gasteiger partial charge in [-0.3, -0.25) is 13.8 Å². The molecule has 0 amide bonds. The summed E-state index contributed by atoms with van der Waals surface area (Å²) in [5, 5.41) is 8.18. The van der Waals surface area contributed by atoms with Gasteiger partial charge in [0.15, 0.2) is 0 Å². The van der Waals surface area contributed by atoms with Crippen LogP contribution in [0.2, 0.25) is 0 Å². The van der Waals surface area contributed by atoms with E-state index >= 15 is 0 Å². The van der Waals surface area contributed by atoms with Crippen LogP contribution >= 0.6 is 15.2 Å². The van der Waals surface area contributed by atoms with Crippen molar-refractivity contribution in [2.24, 2.45) is 0 Å². The molecule has 0 bridgehead atoms. The third-order valence-electron chi connectivity index (χ3n) is 3.36. The van der Waals surface area contributed by atoms with Crippen molar-refractivity contribution in [3.63, 3.8) is 0 Å². The molecular formula is C14H29N3O6P2. The van der Waals surface area contributed by atoms with Crippen molar-refractivity contribution in [1.29, 1.82) is 0 Å². The van der Waals surface area contributed by atoms with E-state index in [0.717, 1.165) is 50.8 Å². The number of unbranched alkanes of at least 4 members (excludes halogenated alkanes) is 4. The van der Waals surface area contributed by atoms with Crippen LogP contribution in [-0.4, -0.2) is 51.3 Å². The Morgan fingerprint density at radius 2 is 1.52 bits per heavy atom. The molecule has 1 aromatic rings. The Labute approximate surface area is 148 Å². The number of hydrogen-bond acceptors (Lipinski definition) is 6. The molecule has 0 radical (unpaired) electrons. The van der Waals surface area contributed by atoms with E-state index < -0.39 is 15.2 Å². The lowest BCUT2D eigenvalue weighted by molar-refractivity contribution is 0.256. The first-order valence-electron chi connectivity index (χ1n) is 8.44. The van der Waals surface area contributed by atoms with Crippen molar-refractivity contribution in [1.82, 2.24) is 15.0 Å². The molecule has 0 aliphatic rings. The molecule has 0 spiro atoms. The third kappa shape index (κ3) is 13.3. The largest absolute Gasteiger partial charge is 0.325 e. The van der Waals surface area contributed by atoms with E-state index in [1.165, 1.54) is 13.3 Å². The second-order valence-corrected chi connectivity index (χ2v) is 9.85. The van der Waals surface area contributed by atoms with Crippen LogP contribution in [0.4, 0.5) is 0 Å². The summed E-state index contributed by atoms with van der Waals surface area (Å²) in [5.74, 6) is 0. The SMILES string of the molecule is CP(=O)(O)OCCCCCCn1cc(CCCCOP(C)(=O)O)nn1. The molecule has 0 saturated heterocycles. The summed E-state index contributed by atoms with van der Waals surface area (Å²) in [6.45, 7) is 3.74. The zero-order chi connectivity index (χ0) is 18.8. The molecule has 2 atom stereocenters. The van der Waals surface area contributed by atoms with Gasteiger partial charge in [0.1, 0.15) is 0 Å². The second kappa shape index (κ2) is 11.2. The van der Waals surface area contributed by atoms with Gasteiger partial charge in [-0.1, -0.05) is 18.1 Å². The van der Waals surface area contributed by atoms with Gasteiger partial charge in [0.05, 0.1) is 18.9 Å². The lowest BCUT2D eigenvalue weighted by Gasteiger charge is -2.06. The van der Waals surface area contributed by atoms with Crippen LogP contribution in [0.15, 0.2) is 6.20 Å². The minimum Gasteiger partial charge on any atom is -0.324 e. The summed E-state index contributed by atoms with van der Waals surface area (Å²) in [6.07, 6.45) is 7.86. The normalized spacial score (nSPS) is 16.5. The number of nitrogens with zero attached hydrogens (tertiary/aromatic N) is 3. The molecule has 1 heterocycles. The average molecular weight is 397 g/mol. The minimum absolute atomic E-state index is 0.270. The third-order valence-corrected chi connectivity index (χ3v) is 4.68. The Morgan fingerprint density at radius 3 is 2.12 bits per heavy atom. The van der Waals surface area contributed by atoms with Crippen LogP contribution in [0, 0.1) is 0 Å². The van der Waals surface area contributed by atoms with Gasteiger partial charge in [0, 0.05) is 26.1 Å². The second-order valence-electron chi connectivity index (χ2n) is 6.12. The van der Waals surface area contributed by atoms with E-state index in [2.05, 4.69) is 10.3 Å². The van der Waals surface area contributed by atoms with Crippen LogP contribution in [0.5, 0.6) is 0 Å². The van der Waals surface area contributed by atoms with Crippen LogP contribution in [0.25, 0.3) is 0 Å². The topological polar surface area (TPSA) is 124 Å². The molecule has 25 heavy (non-hydrogen) atoms. The Morgan fingerprint density at radius 1 is 0.960 bits per heavy atom. The summed E-state index contributed by atoms with van der Waals surface area (Å²) in [7, 11) is -6.72. The number of rotatable bonds is 14. The fourth-order valence-electron chi connectivity index (χ4n) is 2.17. The lowest BCUT2D eigenvalue weighted by Crippen LogP contribution is -1.99. The van der Waals surface area contributed by atoms with E-state index in [0.29, 0.717) is 13.0 Å². The van der Waals surface area contributed by atoms with Gasteiger partial charge in [0.2, 0.25) is 0 Å². The molecule has 0 aliphatic heterocycles. The highest BCUT2D eigenvalue weighted by molar-refractivity contribution is 7.52. The van der Waals surface area contributed by atoms with E-state index in [4.69, 9.17) is 18.8 Å². The summed E-state index contributed by atoms with van der Waals surface area (Å²) in [6, 6.07) is 0. The van der Waals surface area contributed by atoms with Crippen LogP contribution in [0.1, 0.15) is 44.2 Å². The van der Waals surface area contributed by atoms with Crippen molar-refractivity contribution >= 4 is 15.2 Å². The van der Waals surface area contributed by atoms with Crippen molar-refractivity contribution in [2.45, 2.75) is 51.5 Å². The van der Waals surface area contributed by atoms with Crippen molar-refractivity contribution in [3.8, 4) is 0 Å². The van der Waals surface area contributed by atoms with Crippen molar-refractivity contribution in [2.75, 3.05) is 26.5 Å². The van der Waals surface area contributed by atoms with E-state index in [1.807, 2.05) is 10.9 Å². The standard InChI is InChI=1S/C14H29N3O6P2/c1-24(18,19)22-11-7-4-3-6-10-17-13-14(15-16-17)9-5-8-12-23-25(2,20)21/h13H,3-12H2,1-2H3,(H,18,19)(H,20,21). The van der Waals surface area contributed by atoms with Crippen molar-refractivity contribution < 1.29 is 28.0 Å². The zero-order valence-corrected chi connectivity index (χ0v) is 16.7. The van der Waals surface area contributed by atoms with Gasteiger partial charge in [-0.05, 0) is 32.1 Å². The number of aryl methyl sites for hydroxylation is 2. The summed E-state index contributed by atoms with van der Waals surface area (Å²) in [5.41, 5.74) is 0.902. The Hall–Kier alpha value is -0.560. The van der Waals surface area contributed by atoms with Gasteiger partial charge >= 0.3 is 15.2 Å². The first kappa shape index (κ1) is 22.5. The lowest BCUT2D eigenvalue weighted by atomic mass is 10.2. The molecule has 0 fully saturated rings. The quantitative estimate of drug-likeness (QED) is 0.363. The predicted octanol–water partition coefficient (Wildman–Crippen LogP) is 2.82. The molecule has 0 aromatic carbocycles. The molecule has 1 aromatic heterocycles. The molecule has 146 valence electrons. The Bertz CT molecular complexity index is 583. The number of aromatic nitrogens is 3.